The van der Waals surface area contributed by atoms with Crippen molar-refractivity contribution in [2.24, 2.45) is 19.8 Å². The lowest BCUT2D eigenvalue weighted by Crippen LogP contribution is -2.13. The average molecular weight is 451 g/mol. The third-order valence-electron chi connectivity index (χ3n) is 6.16. The molecule has 9 nitrogen and oxygen atoms in total. The van der Waals surface area contributed by atoms with Crippen molar-refractivity contribution in [1.29, 1.82) is 5.26 Å². The molecule has 2 aromatic carbocycles. The number of aromatic amines is 1. The minimum atomic E-state index is -0.265. The summed E-state index contributed by atoms with van der Waals surface area (Å²) in [6.07, 6.45) is 5.49. The molecule has 0 saturated carbocycles. The second kappa shape index (κ2) is 8.10. The number of hydrogen-bond donors (Lipinski definition) is 2. The molecule has 0 aliphatic heterocycles. The van der Waals surface area contributed by atoms with Gasteiger partial charge in [0.1, 0.15) is 6.07 Å². The van der Waals surface area contributed by atoms with E-state index in [-0.39, 0.29) is 12.1 Å². The summed E-state index contributed by atoms with van der Waals surface area (Å²) in [6.45, 7) is 2.14. The number of nitrogens with two attached hydrogens (primary N) is 1. The maximum absolute atomic E-state index is 12.2. The van der Waals surface area contributed by atoms with Crippen molar-refractivity contribution in [3.63, 3.8) is 0 Å². The third-order valence-corrected chi connectivity index (χ3v) is 6.16. The quantitative estimate of drug-likeness (QED) is 0.433. The fraction of sp³-hybridized carbons (Fsp3) is 0.160. The van der Waals surface area contributed by atoms with Crippen molar-refractivity contribution in [3.05, 3.63) is 76.1 Å². The van der Waals surface area contributed by atoms with Gasteiger partial charge < -0.3 is 5.73 Å². The minimum Gasteiger partial charge on any atom is -0.325 e. The molecule has 0 fully saturated rings. The third kappa shape index (κ3) is 3.29. The van der Waals surface area contributed by atoms with Crippen LogP contribution in [0.5, 0.6) is 0 Å². The zero-order valence-electron chi connectivity index (χ0n) is 19.0. The van der Waals surface area contributed by atoms with Crippen molar-refractivity contribution in [2.75, 3.05) is 0 Å². The summed E-state index contributed by atoms with van der Waals surface area (Å²) in [6, 6.07) is 11.9. The summed E-state index contributed by atoms with van der Waals surface area (Å²) in [4.78, 5) is 12.2. The van der Waals surface area contributed by atoms with Crippen LogP contribution in [-0.2, 0) is 20.6 Å². The number of fused-ring (bicyclic) bond motifs is 1. The molecule has 9 heteroatoms. The van der Waals surface area contributed by atoms with Crippen molar-refractivity contribution < 1.29 is 0 Å². The molecule has 3 aromatic heterocycles. The van der Waals surface area contributed by atoms with Gasteiger partial charge in [-0.05, 0) is 35.7 Å². The van der Waals surface area contributed by atoms with E-state index in [1.54, 1.807) is 27.8 Å². The van der Waals surface area contributed by atoms with Crippen molar-refractivity contribution in [2.45, 2.75) is 13.5 Å². The standard InChI is InChI=1S/C25H22N8O/c1-14-17(16-11-28-32(2)13-16)6-7-18(21(14)9-26)24-22(12-29-33(24)3)15-4-5-19-20(8-15)23(10-27)30-31-25(19)34/h4-8,11-13H,10,27H2,1-3H3,(H,31,34). The van der Waals surface area contributed by atoms with Crippen LogP contribution >= 0.6 is 0 Å². The Hall–Kier alpha value is -4.55. The van der Waals surface area contributed by atoms with Gasteiger partial charge in [-0.3, -0.25) is 14.2 Å². The van der Waals surface area contributed by atoms with Crippen LogP contribution in [-0.4, -0.2) is 29.8 Å². The molecule has 0 unspecified atom stereocenters. The number of aryl methyl sites for hydroxylation is 2. The predicted molar refractivity (Wildman–Crippen MR) is 130 cm³/mol. The Labute approximate surface area is 195 Å². The van der Waals surface area contributed by atoms with Crippen LogP contribution in [0.3, 0.4) is 0 Å². The van der Waals surface area contributed by atoms with Gasteiger partial charge in [-0.2, -0.15) is 20.6 Å². The van der Waals surface area contributed by atoms with E-state index in [1.165, 1.54) is 0 Å². The van der Waals surface area contributed by atoms with Crippen LogP contribution in [0, 0.1) is 18.3 Å². The molecule has 0 aliphatic carbocycles. The summed E-state index contributed by atoms with van der Waals surface area (Å²) < 4.78 is 3.50. The van der Waals surface area contributed by atoms with Gasteiger partial charge in [0.2, 0.25) is 0 Å². The fourth-order valence-corrected chi connectivity index (χ4v) is 4.44. The predicted octanol–water partition coefficient (Wildman–Crippen LogP) is 3.03. The van der Waals surface area contributed by atoms with Crippen LogP contribution in [0.1, 0.15) is 16.8 Å². The number of nitrogens with zero attached hydrogens (tertiary/aromatic N) is 6. The number of rotatable bonds is 4. The molecule has 0 spiro atoms. The number of nitrogens with one attached hydrogen (secondary N) is 1. The second-order valence-corrected chi connectivity index (χ2v) is 8.17. The van der Waals surface area contributed by atoms with E-state index in [9.17, 15) is 10.1 Å². The highest BCUT2D eigenvalue weighted by Crippen LogP contribution is 2.38. The van der Waals surface area contributed by atoms with E-state index >= 15 is 0 Å². The molecule has 0 atom stereocenters. The second-order valence-electron chi connectivity index (χ2n) is 8.17. The lowest BCUT2D eigenvalue weighted by molar-refractivity contribution is 0.768. The minimum absolute atomic E-state index is 0.199. The van der Waals surface area contributed by atoms with Gasteiger partial charge in [-0.15, -0.1) is 0 Å². The Morgan fingerprint density at radius 2 is 1.82 bits per heavy atom. The molecule has 0 amide bonds. The van der Waals surface area contributed by atoms with Crippen molar-refractivity contribution in [1.82, 2.24) is 29.8 Å². The SMILES string of the molecule is Cc1c(-c2cnn(C)c2)ccc(-c2c(-c3ccc4c(=O)[nH]nc(CN)c4c3)cnn2C)c1C#N. The van der Waals surface area contributed by atoms with E-state index in [2.05, 4.69) is 26.5 Å². The summed E-state index contributed by atoms with van der Waals surface area (Å²) in [5, 5.41) is 26.7. The smallest absolute Gasteiger partial charge is 0.272 e. The number of H-pyrrole nitrogens is 1. The first kappa shape index (κ1) is 21.3. The molecule has 34 heavy (non-hydrogen) atoms. The number of nitriles is 1. The Bertz CT molecular complexity index is 1670. The average Bonchev–Trinajstić information content (AvgIpc) is 3.44. The zero-order chi connectivity index (χ0) is 24.0. The molecule has 0 bridgehead atoms. The van der Waals surface area contributed by atoms with E-state index in [0.717, 1.165) is 39.1 Å². The van der Waals surface area contributed by atoms with Gasteiger partial charge in [0.25, 0.3) is 5.56 Å². The van der Waals surface area contributed by atoms with Crippen molar-refractivity contribution in [3.8, 4) is 39.6 Å². The highest BCUT2D eigenvalue weighted by molar-refractivity contribution is 5.92. The molecule has 5 rings (SSSR count). The molecular weight excluding hydrogens is 428 g/mol. The Balaban J connectivity index is 1.72. The highest BCUT2D eigenvalue weighted by atomic mass is 16.1. The molecule has 3 heterocycles. The first-order chi connectivity index (χ1) is 16.4. The van der Waals surface area contributed by atoms with E-state index < -0.39 is 0 Å². The normalized spacial score (nSPS) is 11.1. The van der Waals surface area contributed by atoms with Gasteiger partial charge in [-0.1, -0.05) is 18.2 Å². The largest absolute Gasteiger partial charge is 0.325 e. The summed E-state index contributed by atoms with van der Waals surface area (Å²) in [7, 11) is 3.71. The Morgan fingerprint density at radius 3 is 2.53 bits per heavy atom. The molecule has 5 aromatic rings. The summed E-state index contributed by atoms with van der Waals surface area (Å²) >= 11 is 0. The maximum atomic E-state index is 12.2. The molecular formula is C25H22N8O. The lowest BCUT2D eigenvalue weighted by atomic mass is 9.91. The first-order valence-electron chi connectivity index (χ1n) is 10.7. The number of hydrogen-bond acceptors (Lipinski definition) is 6. The first-order valence-corrected chi connectivity index (χ1v) is 10.7. The van der Waals surface area contributed by atoms with E-state index in [1.807, 2.05) is 51.5 Å². The van der Waals surface area contributed by atoms with Crippen molar-refractivity contribution >= 4 is 10.8 Å². The zero-order valence-corrected chi connectivity index (χ0v) is 19.0. The summed E-state index contributed by atoms with van der Waals surface area (Å²) in [5.74, 6) is 0. The van der Waals surface area contributed by atoms with Gasteiger partial charge in [0.15, 0.2) is 0 Å². The van der Waals surface area contributed by atoms with Crippen LogP contribution in [0.2, 0.25) is 0 Å². The lowest BCUT2D eigenvalue weighted by Gasteiger charge is -2.14. The Kier molecular flexibility index (Phi) is 5.07. The number of benzene rings is 2. The topological polar surface area (TPSA) is 131 Å². The molecule has 168 valence electrons. The van der Waals surface area contributed by atoms with Gasteiger partial charge in [-0.25, -0.2) is 5.10 Å². The van der Waals surface area contributed by atoms with Crippen LogP contribution in [0.25, 0.3) is 44.3 Å². The van der Waals surface area contributed by atoms with E-state index in [0.29, 0.717) is 22.0 Å². The maximum Gasteiger partial charge on any atom is 0.272 e. The molecule has 0 saturated heterocycles. The molecule has 0 aliphatic rings. The monoisotopic (exact) mass is 450 g/mol. The van der Waals surface area contributed by atoms with Crippen LogP contribution in [0.15, 0.2) is 53.7 Å². The summed E-state index contributed by atoms with van der Waals surface area (Å²) in [5.41, 5.74) is 12.9. The van der Waals surface area contributed by atoms with Crippen LogP contribution < -0.4 is 11.3 Å². The van der Waals surface area contributed by atoms with Gasteiger partial charge in [0.05, 0.1) is 34.7 Å². The highest BCUT2D eigenvalue weighted by Gasteiger charge is 2.20. The molecule has 3 N–H and O–H groups in total. The fourth-order valence-electron chi connectivity index (χ4n) is 4.44. The van der Waals surface area contributed by atoms with Gasteiger partial charge >= 0.3 is 0 Å². The Morgan fingerprint density at radius 1 is 1.03 bits per heavy atom. The number of aromatic nitrogens is 6. The van der Waals surface area contributed by atoms with Gasteiger partial charge in [0, 0.05) is 48.9 Å². The molecule has 0 radical (unpaired) electrons. The van der Waals surface area contributed by atoms with Crippen LogP contribution in [0.4, 0.5) is 0 Å². The van der Waals surface area contributed by atoms with E-state index in [4.69, 9.17) is 5.73 Å².